The summed E-state index contributed by atoms with van der Waals surface area (Å²) in [4.78, 5) is 0. The first-order valence-corrected chi connectivity index (χ1v) is 19.2. The predicted molar refractivity (Wildman–Crippen MR) is 261 cm³/mol. The van der Waals surface area contributed by atoms with Crippen LogP contribution < -0.4 is 43.7 Å². The normalized spacial score (nSPS) is 11.9. The van der Waals surface area contributed by atoms with Crippen molar-refractivity contribution in [3.8, 4) is 33.4 Å². The molecule has 0 N–H and O–H groups in total. The summed E-state index contributed by atoms with van der Waals surface area (Å²) in [5.41, 5.74) is 8.01. The molecule has 59 heavy (non-hydrogen) atoms. The molecule has 0 fully saturated rings. The van der Waals surface area contributed by atoms with Crippen LogP contribution in [0.25, 0.3) is 109 Å². The van der Waals surface area contributed by atoms with Gasteiger partial charge in [0.25, 0.3) is 0 Å². The van der Waals surface area contributed by atoms with Crippen LogP contribution in [-0.2, 0) is 0 Å². The molecule has 0 spiro atoms. The van der Waals surface area contributed by atoms with E-state index < -0.39 is 0 Å². The second kappa shape index (κ2) is 13.2. The number of hydrogen-bond acceptors (Lipinski definition) is 1. The van der Waals surface area contributed by atoms with Gasteiger partial charge in [0.05, 0.1) is 0 Å². The lowest BCUT2D eigenvalue weighted by Gasteiger charge is -2.28. The van der Waals surface area contributed by atoms with Gasteiger partial charge in [-0.2, -0.15) is 0 Å². The largest absolute Gasteiger partial charge is 0.455 e. The molecule has 1 aromatic heterocycles. The Morgan fingerprint density at radius 1 is 0.288 bits per heavy atom. The maximum absolute atomic E-state index is 7.08. The third-order valence-corrected chi connectivity index (χ3v) is 12.2. The highest BCUT2D eigenvalue weighted by Crippen LogP contribution is 2.44. The van der Waals surface area contributed by atoms with Gasteiger partial charge in [-0.3, -0.25) is 0 Å². The molecular weight excluding hydrogens is 703 g/mol. The molecule has 252 valence electrons. The second-order valence-electron chi connectivity index (χ2n) is 15.3. The van der Waals surface area contributed by atoms with Crippen molar-refractivity contribution < 1.29 is 4.42 Å². The topological polar surface area (TPSA) is 13.1 Å². The molecule has 0 unspecified atom stereocenters. The van der Waals surface area contributed by atoms with Gasteiger partial charge in [0.15, 0.2) is 0 Å². The van der Waals surface area contributed by atoms with Crippen molar-refractivity contribution in [2.75, 3.05) is 0 Å². The Balaban J connectivity index is 1.25. The van der Waals surface area contributed by atoms with Gasteiger partial charge in [-0.15, -0.1) is 21.9 Å². The van der Waals surface area contributed by atoms with Crippen molar-refractivity contribution in [3.05, 3.63) is 133 Å². The maximum atomic E-state index is 7.08. The van der Waals surface area contributed by atoms with Crippen molar-refractivity contribution in [1.82, 2.24) is 0 Å². The van der Waals surface area contributed by atoms with Crippen LogP contribution in [-0.4, -0.2) is 62.8 Å². The van der Waals surface area contributed by atoms with E-state index in [0.717, 1.165) is 65.7 Å². The summed E-state index contributed by atoms with van der Waals surface area (Å²) in [5.74, 6) is 0. The van der Waals surface area contributed by atoms with Gasteiger partial charge in [0.1, 0.15) is 73.9 Å². The van der Waals surface area contributed by atoms with Crippen LogP contribution in [0.15, 0.2) is 138 Å². The summed E-state index contributed by atoms with van der Waals surface area (Å²) >= 11 is 0. The average molecular weight is 725 g/mol. The van der Waals surface area contributed by atoms with E-state index in [2.05, 4.69) is 97.1 Å². The zero-order chi connectivity index (χ0) is 40.4. The van der Waals surface area contributed by atoms with Crippen molar-refractivity contribution in [2.24, 2.45) is 0 Å². The molecule has 16 radical (unpaired) electrons. The van der Waals surface area contributed by atoms with E-state index in [-0.39, 0.29) is 43.7 Å². The number of hydrogen-bond donors (Lipinski definition) is 0. The molecule has 0 saturated heterocycles. The van der Waals surface area contributed by atoms with Gasteiger partial charge in [0, 0.05) is 16.2 Å². The molecule has 1 heterocycles. The first kappa shape index (κ1) is 35.9. The summed E-state index contributed by atoms with van der Waals surface area (Å²) < 4.78 is 6.49. The van der Waals surface area contributed by atoms with E-state index in [9.17, 15) is 0 Å². The van der Waals surface area contributed by atoms with Crippen LogP contribution in [0.3, 0.4) is 0 Å². The van der Waals surface area contributed by atoms with E-state index >= 15 is 0 Å². The summed E-state index contributed by atoms with van der Waals surface area (Å²) in [6.45, 7) is 0. The zero-order valence-corrected chi connectivity index (χ0v) is 31.7. The molecule has 0 amide bonds. The predicted octanol–water partition coefficient (Wildman–Crippen LogP) is 4.70. The molecule has 0 atom stereocenters. The molecule has 0 saturated carbocycles. The highest BCUT2D eigenvalue weighted by atomic mass is 16.3. The fourth-order valence-electron chi connectivity index (χ4n) is 9.22. The monoisotopic (exact) mass is 726 g/mol. The lowest BCUT2D eigenvalue weighted by atomic mass is 9.59. The first-order valence-electron chi connectivity index (χ1n) is 19.2. The summed E-state index contributed by atoms with van der Waals surface area (Å²) in [6, 6.07) is 45.7. The molecule has 0 aliphatic carbocycles. The Morgan fingerprint density at radius 3 is 1.36 bits per heavy atom. The number of rotatable bonds is 3. The second-order valence-corrected chi connectivity index (χ2v) is 15.3. The van der Waals surface area contributed by atoms with Gasteiger partial charge in [0.2, 0.25) is 0 Å². The Labute approximate surface area is 351 Å². The zero-order valence-electron chi connectivity index (χ0n) is 31.7. The van der Waals surface area contributed by atoms with Crippen LogP contribution in [0, 0.1) is 0 Å². The molecule has 1 nitrogen and oxygen atoms in total. The Morgan fingerprint density at radius 2 is 0.729 bits per heavy atom. The van der Waals surface area contributed by atoms with Gasteiger partial charge >= 0.3 is 0 Å². The van der Waals surface area contributed by atoms with Crippen LogP contribution in [0.2, 0.25) is 0 Å². The van der Waals surface area contributed by atoms with E-state index in [1.54, 1.807) is 0 Å². The standard InChI is InChI=1S/C50H22B8O/c51-42-38-36(28-9-5-8-26(20-28)27-15-14-25-13-12-23-6-1-3-10-30(23)33(25)21-27)39-41(45(54)49(58)47(56)43(39)52)37(40(38)44(53)48(57)46(42)55)29-17-19-35-34(22-29)32-18-16-24-7-2-4-11-31(24)50(32)59-35/h1-22H. The van der Waals surface area contributed by atoms with Crippen LogP contribution >= 0.6 is 0 Å². The van der Waals surface area contributed by atoms with Crippen molar-refractivity contribution in [3.63, 3.8) is 0 Å². The molecule has 10 aromatic carbocycles. The molecule has 0 aliphatic heterocycles. The molecule has 11 rings (SSSR count). The summed E-state index contributed by atoms with van der Waals surface area (Å²) in [6.07, 6.45) is 0. The van der Waals surface area contributed by atoms with Gasteiger partial charge in [-0.1, -0.05) is 125 Å². The van der Waals surface area contributed by atoms with Gasteiger partial charge < -0.3 is 4.42 Å². The van der Waals surface area contributed by atoms with Crippen LogP contribution in [0.4, 0.5) is 0 Å². The molecule has 0 aliphatic rings. The molecule has 0 bridgehead atoms. The van der Waals surface area contributed by atoms with E-state index in [4.69, 9.17) is 67.2 Å². The van der Waals surface area contributed by atoms with E-state index in [0.29, 0.717) is 32.7 Å². The first-order chi connectivity index (χ1) is 28.6. The third kappa shape index (κ3) is 5.16. The Bertz CT molecular complexity index is 3580. The average Bonchev–Trinajstić information content (AvgIpc) is 3.66. The lowest BCUT2D eigenvalue weighted by Crippen LogP contribution is -2.50. The number of fused-ring (bicyclic) bond motifs is 10. The van der Waals surface area contributed by atoms with Gasteiger partial charge in [-0.25, -0.2) is 0 Å². The van der Waals surface area contributed by atoms with E-state index in [1.807, 2.05) is 36.4 Å². The van der Waals surface area contributed by atoms with Crippen LogP contribution in [0.1, 0.15) is 0 Å². The lowest BCUT2D eigenvalue weighted by molar-refractivity contribution is 0.672. The van der Waals surface area contributed by atoms with Crippen molar-refractivity contribution in [1.29, 1.82) is 0 Å². The van der Waals surface area contributed by atoms with Crippen molar-refractivity contribution in [2.45, 2.75) is 0 Å². The van der Waals surface area contributed by atoms with Gasteiger partial charge in [-0.05, 0) is 112 Å². The molecular formula is C50H22B8O. The highest BCUT2D eigenvalue weighted by Gasteiger charge is 2.25. The minimum absolute atomic E-state index is 0.162. The van der Waals surface area contributed by atoms with Crippen LogP contribution in [0.5, 0.6) is 0 Å². The fourth-order valence-corrected chi connectivity index (χ4v) is 9.22. The minimum atomic E-state index is 0.162. The maximum Gasteiger partial charge on any atom is 0.143 e. The fraction of sp³-hybridized carbons (Fsp3) is 0. The third-order valence-electron chi connectivity index (χ3n) is 12.2. The smallest absolute Gasteiger partial charge is 0.143 e. The Hall–Kier alpha value is -6.18. The molecule has 11 aromatic rings. The summed E-state index contributed by atoms with van der Waals surface area (Å²) in [7, 11) is 55.1. The number of benzene rings is 10. The quantitative estimate of drug-likeness (QED) is 0.146. The minimum Gasteiger partial charge on any atom is -0.455 e. The Kier molecular flexibility index (Phi) is 8.02. The van der Waals surface area contributed by atoms with Crippen molar-refractivity contribution >= 4 is 182 Å². The highest BCUT2D eigenvalue weighted by molar-refractivity contribution is 6.71. The summed E-state index contributed by atoms with van der Waals surface area (Å²) in [5, 5.41) is 10.9. The SMILES string of the molecule is [B]c1c([B])c([B])c2c(-c3ccc4oc5c6ccccc6ccc5c4c3)c3c([B])c([B])c([B])c([B])c3c(-c3cccc(-c4ccc5ccc6ccccc6c5c4)c3)c2c1[B]. The number of furan rings is 1. The van der Waals surface area contributed by atoms with E-state index in [1.165, 1.54) is 10.8 Å². The molecule has 9 heteroatoms.